The monoisotopic (exact) mass is 242 g/mol. The van der Waals surface area contributed by atoms with Crippen LogP contribution in [0.3, 0.4) is 0 Å². The molecule has 2 atom stereocenters. The van der Waals surface area contributed by atoms with Gasteiger partial charge in [-0.3, -0.25) is 4.21 Å². The van der Waals surface area contributed by atoms with Gasteiger partial charge in [-0.25, -0.2) is 0 Å². The van der Waals surface area contributed by atoms with E-state index in [1.807, 2.05) is 6.92 Å². The number of hydrogen-bond donors (Lipinski definition) is 1. The number of hydrogen-bond acceptors (Lipinski definition) is 2. The number of rotatable bonds is 7. The molecule has 1 heterocycles. The Hall–Kier alpha value is -0.610. The molecule has 0 aliphatic carbocycles. The third-order valence-electron chi connectivity index (χ3n) is 2.86. The molecule has 0 saturated carbocycles. The second-order valence-electron chi connectivity index (χ2n) is 4.06. The summed E-state index contributed by atoms with van der Waals surface area (Å²) < 4.78 is 13.4. The maximum atomic E-state index is 11.1. The highest BCUT2D eigenvalue weighted by atomic mass is 32.2. The lowest BCUT2D eigenvalue weighted by Crippen LogP contribution is -2.22. The molecule has 0 fully saturated rings. The van der Waals surface area contributed by atoms with E-state index < -0.39 is 10.8 Å². The van der Waals surface area contributed by atoms with E-state index in [0.717, 1.165) is 26.1 Å². The van der Waals surface area contributed by atoms with Crippen molar-refractivity contribution in [3.05, 3.63) is 24.0 Å². The topological polar surface area (TPSA) is 34.0 Å². The Morgan fingerprint density at radius 3 is 2.94 bits per heavy atom. The third-order valence-corrected chi connectivity index (χ3v) is 4.23. The summed E-state index contributed by atoms with van der Waals surface area (Å²) in [5, 5.41) is 3.68. The summed E-state index contributed by atoms with van der Waals surface area (Å²) in [5.74, 6) is 0. The molecule has 16 heavy (non-hydrogen) atoms. The first-order chi connectivity index (χ1) is 7.65. The van der Waals surface area contributed by atoms with Gasteiger partial charge in [0.1, 0.15) is 0 Å². The van der Waals surface area contributed by atoms with Gasteiger partial charge >= 0.3 is 0 Å². The van der Waals surface area contributed by atoms with Gasteiger partial charge in [-0.2, -0.15) is 0 Å². The van der Waals surface area contributed by atoms with Crippen LogP contribution in [0.4, 0.5) is 0 Å². The summed E-state index contributed by atoms with van der Waals surface area (Å²) in [6.07, 6.45) is 4.84. The molecule has 1 aromatic heterocycles. The van der Waals surface area contributed by atoms with E-state index in [0.29, 0.717) is 0 Å². The second kappa shape index (κ2) is 6.86. The molecule has 1 N–H and O–H groups in total. The molecule has 0 amide bonds. The first-order valence-corrected chi connectivity index (χ1v) is 7.44. The zero-order valence-corrected chi connectivity index (χ0v) is 11.2. The van der Waals surface area contributed by atoms with Gasteiger partial charge in [-0.05, 0) is 32.0 Å². The van der Waals surface area contributed by atoms with E-state index >= 15 is 0 Å². The van der Waals surface area contributed by atoms with Crippen molar-refractivity contribution in [2.24, 2.45) is 0 Å². The molecule has 3 nitrogen and oxygen atoms in total. The van der Waals surface area contributed by atoms with Crippen LogP contribution in [0.1, 0.15) is 26.0 Å². The lowest BCUT2D eigenvalue weighted by Gasteiger charge is -2.10. The van der Waals surface area contributed by atoms with Crippen LogP contribution in [0.5, 0.6) is 0 Å². The summed E-state index contributed by atoms with van der Waals surface area (Å²) in [4.78, 5) is 0. The quantitative estimate of drug-likeness (QED) is 0.739. The van der Waals surface area contributed by atoms with Crippen LogP contribution in [-0.4, -0.2) is 26.8 Å². The van der Waals surface area contributed by atoms with Crippen LogP contribution in [-0.2, 0) is 23.9 Å². The molecule has 0 spiro atoms. The Kier molecular flexibility index (Phi) is 5.77. The zero-order valence-electron chi connectivity index (χ0n) is 10.4. The molecule has 1 rings (SSSR count). The van der Waals surface area contributed by atoms with E-state index in [2.05, 4.69) is 35.1 Å². The third kappa shape index (κ3) is 4.10. The maximum absolute atomic E-state index is 11.1. The van der Waals surface area contributed by atoms with E-state index in [1.54, 1.807) is 6.26 Å². The van der Waals surface area contributed by atoms with Crippen molar-refractivity contribution in [2.75, 3.05) is 12.8 Å². The van der Waals surface area contributed by atoms with Gasteiger partial charge in [0.15, 0.2) is 0 Å². The van der Waals surface area contributed by atoms with Crippen molar-refractivity contribution >= 4 is 10.8 Å². The minimum absolute atomic E-state index is 0.283. The maximum Gasteiger partial charge on any atom is 0.0359 e. The van der Waals surface area contributed by atoms with Gasteiger partial charge in [0.2, 0.25) is 0 Å². The molecule has 0 aliphatic rings. The van der Waals surface area contributed by atoms with Gasteiger partial charge in [-0.1, -0.05) is 6.92 Å². The molecular weight excluding hydrogens is 220 g/mol. The fourth-order valence-electron chi connectivity index (χ4n) is 1.61. The van der Waals surface area contributed by atoms with Crippen LogP contribution < -0.4 is 5.32 Å². The van der Waals surface area contributed by atoms with Gasteiger partial charge in [0.25, 0.3) is 0 Å². The highest BCUT2D eigenvalue weighted by Gasteiger charge is 2.05. The summed E-state index contributed by atoms with van der Waals surface area (Å²) in [5.41, 5.74) is 1.31. The van der Waals surface area contributed by atoms with Crippen molar-refractivity contribution in [3.8, 4) is 0 Å². The lowest BCUT2D eigenvalue weighted by molar-refractivity contribution is 0.601. The predicted molar refractivity (Wildman–Crippen MR) is 70.0 cm³/mol. The highest BCUT2D eigenvalue weighted by Crippen LogP contribution is 2.02. The van der Waals surface area contributed by atoms with Crippen LogP contribution in [0.25, 0.3) is 0 Å². The lowest BCUT2D eigenvalue weighted by atomic mass is 10.3. The van der Waals surface area contributed by atoms with Crippen LogP contribution in [0.15, 0.2) is 18.3 Å². The number of nitrogens with zero attached hydrogens (tertiary/aromatic N) is 1. The van der Waals surface area contributed by atoms with Crippen molar-refractivity contribution in [1.29, 1.82) is 0 Å². The molecule has 1 aromatic rings. The van der Waals surface area contributed by atoms with Crippen LogP contribution in [0.2, 0.25) is 0 Å². The first kappa shape index (κ1) is 13.5. The van der Waals surface area contributed by atoms with Gasteiger partial charge in [0.05, 0.1) is 0 Å². The molecule has 4 heteroatoms. The molecule has 92 valence electrons. The summed E-state index contributed by atoms with van der Waals surface area (Å²) in [6, 6.07) is 4.21. The average Bonchev–Trinajstić information content (AvgIpc) is 2.71. The predicted octanol–water partition coefficient (Wildman–Crippen LogP) is 1.75. The van der Waals surface area contributed by atoms with Crippen LogP contribution in [0, 0.1) is 0 Å². The molecule has 0 radical (unpaired) electrons. The molecule has 0 bridgehead atoms. The molecule has 0 aliphatic heterocycles. The number of aryl methyl sites for hydroxylation is 1. The molecule has 0 aromatic carbocycles. The molecule has 0 saturated heterocycles. The fourth-order valence-corrected chi connectivity index (χ4v) is 2.06. The SMILES string of the molecule is CCn1cccc1CNCCC(C)S(C)=O. The first-order valence-electron chi connectivity index (χ1n) is 5.82. The van der Waals surface area contributed by atoms with E-state index in [9.17, 15) is 4.21 Å². The van der Waals surface area contributed by atoms with E-state index in [1.165, 1.54) is 5.69 Å². The molecule has 2 unspecified atom stereocenters. The Labute approximate surface area is 101 Å². The van der Waals surface area contributed by atoms with Gasteiger partial charge in [-0.15, -0.1) is 0 Å². The molecular formula is C12H22N2OS. The summed E-state index contributed by atoms with van der Waals surface area (Å²) >= 11 is 0. The van der Waals surface area contributed by atoms with Crippen molar-refractivity contribution in [1.82, 2.24) is 9.88 Å². The fraction of sp³-hybridized carbons (Fsp3) is 0.667. The van der Waals surface area contributed by atoms with Gasteiger partial charge in [0, 0.05) is 47.3 Å². The highest BCUT2D eigenvalue weighted by molar-refractivity contribution is 7.84. The summed E-state index contributed by atoms with van der Waals surface area (Å²) in [6.45, 7) is 7.01. The normalized spacial score (nSPS) is 14.9. The minimum atomic E-state index is -0.702. The average molecular weight is 242 g/mol. The number of aromatic nitrogens is 1. The van der Waals surface area contributed by atoms with Crippen molar-refractivity contribution in [3.63, 3.8) is 0 Å². The Bertz CT molecular complexity index is 336. The van der Waals surface area contributed by atoms with E-state index in [-0.39, 0.29) is 5.25 Å². The minimum Gasteiger partial charge on any atom is -0.351 e. The largest absolute Gasteiger partial charge is 0.351 e. The smallest absolute Gasteiger partial charge is 0.0359 e. The Morgan fingerprint density at radius 2 is 2.31 bits per heavy atom. The second-order valence-corrected chi connectivity index (χ2v) is 5.86. The summed E-state index contributed by atoms with van der Waals surface area (Å²) in [7, 11) is -0.702. The van der Waals surface area contributed by atoms with E-state index in [4.69, 9.17) is 0 Å². The van der Waals surface area contributed by atoms with Crippen LogP contribution >= 0.6 is 0 Å². The standard InChI is InChI=1S/C12H22N2OS/c1-4-14-9-5-6-12(14)10-13-8-7-11(2)16(3)15/h5-6,9,11,13H,4,7-8,10H2,1-3H3. The van der Waals surface area contributed by atoms with Crippen molar-refractivity contribution < 1.29 is 4.21 Å². The Morgan fingerprint density at radius 1 is 1.56 bits per heavy atom. The Balaban J connectivity index is 2.23. The van der Waals surface area contributed by atoms with Gasteiger partial charge < -0.3 is 9.88 Å². The zero-order chi connectivity index (χ0) is 12.0. The van der Waals surface area contributed by atoms with Crippen molar-refractivity contribution in [2.45, 2.75) is 38.6 Å². The number of nitrogens with one attached hydrogen (secondary N) is 1.